The second-order valence-corrected chi connectivity index (χ2v) is 4.42. The summed E-state index contributed by atoms with van der Waals surface area (Å²) in [7, 11) is 0. The summed E-state index contributed by atoms with van der Waals surface area (Å²) in [6, 6.07) is 0. The van der Waals surface area contributed by atoms with Crippen LogP contribution in [-0.2, 0) is 4.74 Å². The van der Waals surface area contributed by atoms with Crippen molar-refractivity contribution in [3.63, 3.8) is 0 Å². The van der Waals surface area contributed by atoms with Crippen molar-refractivity contribution in [2.45, 2.75) is 42.6 Å². The Morgan fingerprint density at radius 3 is 2.70 bits per heavy atom. The summed E-state index contributed by atoms with van der Waals surface area (Å²) in [6.45, 7) is 1.94. The van der Waals surface area contributed by atoms with Crippen LogP contribution in [0.15, 0.2) is 0 Å². The molecule has 1 rings (SSSR count). The van der Waals surface area contributed by atoms with E-state index in [0.717, 1.165) is 12.8 Å². The smallest absolute Gasteiger partial charge is 0.126 e. The van der Waals surface area contributed by atoms with Gasteiger partial charge in [0.25, 0.3) is 0 Å². The summed E-state index contributed by atoms with van der Waals surface area (Å²) in [4.78, 5) is 0. The SMILES string of the molecule is CC(I)O[C@@H]1CCC[C@H]1F. The first-order chi connectivity index (χ1) is 4.70. The third kappa shape index (κ3) is 2.34. The molecule has 0 aromatic carbocycles. The van der Waals surface area contributed by atoms with Crippen molar-refractivity contribution in [3.05, 3.63) is 0 Å². The molecule has 0 aromatic rings. The summed E-state index contributed by atoms with van der Waals surface area (Å²) in [5.74, 6) is 0. The van der Waals surface area contributed by atoms with Gasteiger partial charge in [-0.05, 0) is 26.2 Å². The molecular weight excluding hydrogens is 246 g/mol. The van der Waals surface area contributed by atoms with Crippen LogP contribution in [0.4, 0.5) is 4.39 Å². The van der Waals surface area contributed by atoms with Crippen LogP contribution in [0.25, 0.3) is 0 Å². The number of halogens is 2. The first kappa shape index (κ1) is 8.71. The number of rotatable bonds is 2. The van der Waals surface area contributed by atoms with Gasteiger partial charge in [-0.3, -0.25) is 0 Å². The van der Waals surface area contributed by atoms with Crippen molar-refractivity contribution in [2.24, 2.45) is 0 Å². The lowest BCUT2D eigenvalue weighted by atomic mass is 10.3. The minimum atomic E-state index is -0.711. The van der Waals surface area contributed by atoms with Crippen molar-refractivity contribution < 1.29 is 9.13 Å². The molecule has 0 amide bonds. The van der Waals surface area contributed by atoms with Gasteiger partial charge in [0.2, 0.25) is 0 Å². The normalized spacial score (nSPS) is 36.3. The molecule has 1 nitrogen and oxygen atoms in total. The molecule has 0 bridgehead atoms. The zero-order chi connectivity index (χ0) is 7.56. The number of hydrogen-bond donors (Lipinski definition) is 0. The summed E-state index contributed by atoms with van der Waals surface area (Å²) in [5.41, 5.74) is 0. The maximum Gasteiger partial charge on any atom is 0.126 e. The van der Waals surface area contributed by atoms with Gasteiger partial charge in [0.15, 0.2) is 0 Å². The van der Waals surface area contributed by atoms with Crippen molar-refractivity contribution in [1.82, 2.24) is 0 Å². The standard InChI is InChI=1S/C7H12FIO/c1-5(9)10-7-4-2-3-6(7)8/h5-7H,2-4H2,1H3/t5?,6-,7-/m1/s1. The van der Waals surface area contributed by atoms with E-state index < -0.39 is 6.17 Å². The molecule has 0 radical (unpaired) electrons. The molecule has 0 saturated heterocycles. The molecule has 1 saturated carbocycles. The highest BCUT2D eigenvalue weighted by atomic mass is 127. The van der Waals surface area contributed by atoms with Gasteiger partial charge in [0, 0.05) is 0 Å². The van der Waals surface area contributed by atoms with E-state index in [0.29, 0.717) is 6.42 Å². The van der Waals surface area contributed by atoms with Gasteiger partial charge in [-0.15, -0.1) is 0 Å². The predicted octanol–water partition coefficient (Wildman–Crippen LogP) is 2.67. The highest BCUT2D eigenvalue weighted by molar-refractivity contribution is 14.1. The van der Waals surface area contributed by atoms with Crippen LogP contribution in [-0.4, -0.2) is 16.4 Å². The van der Waals surface area contributed by atoms with E-state index in [1.165, 1.54) is 0 Å². The Balaban J connectivity index is 2.26. The Morgan fingerprint density at radius 2 is 2.30 bits per heavy atom. The molecule has 1 fully saturated rings. The largest absolute Gasteiger partial charge is 0.362 e. The van der Waals surface area contributed by atoms with E-state index in [4.69, 9.17) is 4.74 Å². The van der Waals surface area contributed by atoms with Crippen LogP contribution >= 0.6 is 22.6 Å². The van der Waals surface area contributed by atoms with Crippen molar-refractivity contribution in [3.8, 4) is 0 Å². The van der Waals surface area contributed by atoms with Crippen molar-refractivity contribution in [1.29, 1.82) is 0 Å². The maximum absolute atomic E-state index is 12.8. The van der Waals surface area contributed by atoms with Gasteiger partial charge >= 0.3 is 0 Å². The van der Waals surface area contributed by atoms with Crippen LogP contribution in [0.2, 0.25) is 0 Å². The Hall–Kier alpha value is 0.620. The maximum atomic E-state index is 12.8. The van der Waals surface area contributed by atoms with Gasteiger partial charge in [0.1, 0.15) is 10.3 Å². The van der Waals surface area contributed by atoms with Crippen molar-refractivity contribution >= 4 is 22.6 Å². The lowest BCUT2D eigenvalue weighted by Gasteiger charge is -2.15. The fraction of sp³-hybridized carbons (Fsp3) is 1.00. The third-order valence-corrected chi connectivity index (χ3v) is 2.03. The van der Waals surface area contributed by atoms with Gasteiger partial charge in [-0.25, -0.2) is 4.39 Å². The second-order valence-electron chi connectivity index (χ2n) is 2.66. The molecule has 1 aliphatic rings. The Bertz CT molecular complexity index is 108. The Morgan fingerprint density at radius 1 is 1.60 bits per heavy atom. The monoisotopic (exact) mass is 258 g/mol. The molecular formula is C7H12FIO. The minimum absolute atomic E-state index is 0.119. The molecule has 0 spiro atoms. The second kappa shape index (κ2) is 3.85. The first-order valence-corrected chi connectivity index (χ1v) is 4.88. The van der Waals surface area contributed by atoms with Crippen LogP contribution in [0.5, 0.6) is 0 Å². The predicted molar refractivity (Wildman–Crippen MR) is 47.1 cm³/mol. The fourth-order valence-electron chi connectivity index (χ4n) is 1.27. The van der Waals surface area contributed by atoms with Crippen LogP contribution in [0.1, 0.15) is 26.2 Å². The highest BCUT2D eigenvalue weighted by Crippen LogP contribution is 2.26. The molecule has 60 valence electrons. The number of alkyl halides is 2. The molecule has 0 heterocycles. The first-order valence-electron chi connectivity index (χ1n) is 3.64. The average Bonchev–Trinajstić information content (AvgIpc) is 2.15. The third-order valence-electron chi connectivity index (χ3n) is 1.73. The molecule has 10 heavy (non-hydrogen) atoms. The summed E-state index contributed by atoms with van der Waals surface area (Å²) in [5, 5.41) is 0. The lowest BCUT2D eigenvalue weighted by Crippen LogP contribution is -2.21. The van der Waals surface area contributed by atoms with Crippen LogP contribution in [0, 0.1) is 0 Å². The quantitative estimate of drug-likeness (QED) is 0.546. The van der Waals surface area contributed by atoms with Crippen LogP contribution < -0.4 is 0 Å². The average molecular weight is 258 g/mol. The number of hydrogen-bond acceptors (Lipinski definition) is 1. The van der Waals surface area contributed by atoms with Gasteiger partial charge in [-0.2, -0.15) is 0 Å². The summed E-state index contributed by atoms with van der Waals surface area (Å²) < 4.78 is 18.3. The van der Waals surface area contributed by atoms with Gasteiger partial charge in [-0.1, -0.05) is 22.6 Å². The molecule has 3 heteroatoms. The molecule has 0 aromatic heterocycles. The summed E-state index contributed by atoms with van der Waals surface area (Å²) >= 11 is 2.15. The Kier molecular flexibility index (Phi) is 3.36. The van der Waals surface area contributed by atoms with E-state index >= 15 is 0 Å². The molecule has 1 unspecified atom stereocenters. The minimum Gasteiger partial charge on any atom is -0.362 e. The fourth-order valence-corrected chi connectivity index (χ4v) is 1.65. The molecule has 3 atom stereocenters. The van der Waals surface area contributed by atoms with E-state index in [9.17, 15) is 4.39 Å². The summed E-state index contributed by atoms with van der Waals surface area (Å²) in [6.07, 6.45) is 1.74. The van der Waals surface area contributed by atoms with Crippen LogP contribution in [0.3, 0.4) is 0 Å². The number of ether oxygens (including phenoxy) is 1. The van der Waals surface area contributed by atoms with E-state index in [-0.39, 0.29) is 10.2 Å². The van der Waals surface area contributed by atoms with E-state index in [1.807, 2.05) is 6.92 Å². The molecule has 0 aliphatic heterocycles. The topological polar surface area (TPSA) is 9.23 Å². The van der Waals surface area contributed by atoms with E-state index in [2.05, 4.69) is 22.6 Å². The zero-order valence-corrected chi connectivity index (χ0v) is 8.18. The molecule has 0 N–H and O–H groups in total. The van der Waals surface area contributed by atoms with Crippen molar-refractivity contribution in [2.75, 3.05) is 0 Å². The van der Waals surface area contributed by atoms with Gasteiger partial charge in [0.05, 0.1) is 6.10 Å². The zero-order valence-electron chi connectivity index (χ0n) is 6.02. The molecule has 1 aliphatic carbocycles. The highest BCUT2D eigenvalue weighted by Gasteiger charge is 2.28. The Labute approximate surface area is 74.5 Å². The van der Waals surface area contributed by atoms with Gasteiger partial charge < -0.3 is 4.74 Å². The van der Waals surface area contributed by atoms with E-state index in [1.54, 1.807) is 0 Å². The lowest BCUT2D eigenvalue weighted by molar-refractivity contribution is 0.0137.